The molecule has 1 fully saturated rings. The Hall–Kier alpha value is -1.72. The molecule has 0 unspecified atom stereocenters. The van der Waals surface area contributed by atoms with Gasteiger partial charge in [-0.2, -0.15) is 11.8 Å². The first kappa shape index (κ1) is 15.2. The van der Waals surface area contributed by atoms with Gasteiger partial charge >= 0.3 is 0 Å². The highest BCUT2D eigenvalue weighted by Gasteiger charge is 2.33. The van der Waals surface area contributed by atoms with Crippen LogP contribution in [0, 0.1) is 0 Å². The standard InChI is InChI=1S/C17H19NO3S/c19-11-17(7-9-22-10-8-17)18-16(21)13-5-1-3-12-4-2-6-14(20)15(12)13/h1-6,19-20H,7-11H2,(H,18,21). The third kappa shape index (κ3) is 2.78. The van der Waals surface area contributed by atoms with Crippen LogP contribution in [0.5, 0.6) is 5.75 Å². The Bertz CT molecular complexity index is 690. The van der Waals surface area contributed by atoms with Crippen molar-refractivity contribution in [2.75, 3.05) is 18.1 Å². The van der Waals surface area contributed by atoms with Gasteiger partial charge in [-0.05, 0) is 41.9 Å². The highest BCUT2D eigenvalue weighted by Crippen LogP contribution is 2.30. The second-order valence-electron chi connectivity index (χ2n) is 5.69. The lowest BCUT2D eigenvalue weighted by molar-refractivity contribution is 0.0819. The maximum Gasteiger partial charge on any atom is 0.252 e. The minimum Gasteiger partial charge on any atom is -0.507 e. The molecule has 1 amide bonds. The second kappa shape index (κ2) is 6.18. The fraction of sp³-hybridized carbons (Fsp3) is 0.353. The van der Waals surface area contributed by atoms with Crippen LogP contribution in [0.15, 0.2) is 36.4 Å². The van der Waals surface area contributed by atoms with E-state index in [1.54, 1.807) is 24.3 Å². The van der Waals surface area contributed by atoms with Gasteiger partial charge in [-0.25, -0.2) is 0 Å². The molecule has 1 heterocycles. The minimum atomic E-state index is -0.547. The van der Waals surface area contributed by atoms with E-state index in [1.165, 1.54) is 0 Å². The number of phenols is 1. The van der Waals surface area contributed by atoms with Crippen LogP contribution in [0.25, 0.3) is 10.8 Å². The maximum absolute atomic E-state index is 12.7. The molecule has 3 rings (SSSR count). The van der Waals surface area contributed by atoms with Crippen molar-refractivity contribution in [3.63, 3.8) is 0 Å². The number of aromatic hydroxyl groups is 1. The lowest BCUT2D eigenvalue weighted by Crippen LogP contribution is -2.53. The number of carbonyl (C=O) groups excluding carboxylic acids is 1. The highest BCUT2D eigenvalue weighted by atomic mass is 32.2. The molecule has 1 aliphatic heterocycles. The Kier molecular flexibility index (Phi) is 4.27. The van der Waals surface area contributed by atoms with Gasteiger partial charge in [0.2, 0.25) is 0 Å². The Morgan fingerprint density at radius 1 is 1.18 bits per heavy atom. The molecule has 116 valence electrons. The summed E-state index contributed by atoms with van der Waals surface area (Å²) >= 11 is 1.84. The predicted molar refractivity (Wildman–Crippen MR) is 89.5 cm³/mol. The van der Waals surface area contributed by atoms with Crippen molar-refractivity contribution in [3.05, 3.63) is 42.0 Å². The van der Waals surface area contributed by atoms with Crippen LogP contribution in [0.3, 0.4) is 0 Å². The summed E-state index contributed by atoms with van der Waals surface area (Å²) in [6.07, 6.45) is 1.52. The van der Waals surface area contributed by atoms with E-state index < -0.39 is 5.54 Å². The molecule has 5 heteroatoms. The van der Waals surface area contributed by atoms with Crippen LogP contribution in [-0.2, 0) is 0 Å². The van der Waals surface area contributed by atoms with Crippen LogP contribution < -0.4 is 5.32 Å². The predicted octanol–water partition coefficient (Wildman–Crippen LogP) is 2.53. The minimum absolute atomic E-state index is 0.0595. The summed E-state index contributed by atoms with van der Waals surface area (Å²) in [6.45, 7) is -0.0595. The third-order valence-corrected chi connectivity index (χ3v) is 5.24. The van der Waals surface area contributed by atoms with Crippen molar-refractivity contribution in [1.82, 2.24) is 5.32 Å². The zero-order valence-corrected chi connectivity index (χ0v) is 13.0. The van der Waals surface area contributed by atoms with E-state index in [0.717, 1.165) is 29.7 Å². The van der Waals surface area contributed by atoms with Crippen LogP contribution >= 0.6 is 11.8 Å². The van der Waals surface area contributed by atoms with Crippen molar-refractivity contribution in [3.8, 4) is 5.75 Å². The molecular formula is C17H19NO3S. The quantitative estimate of drug-likeness (QED) is 0.814. The molecule has 22 heavy (non-hydrogen) atoms. The Labute approximate surface area is 133 Å². The van der Waals surface area contributed by atoms with Gasteiger partial charge in [-0.15, -0.1) is 0 Å². The van der Waals surface area contributed by atoms with Gasteiger partial charge < -0.3 is 15.5 Å². The first-order valence-corrected chi connectivity index (χ1v) is 8.52. The molecule has 2 aromatic rings. The van der Waals surface area contributed by atoms with E-state index in [-0.39, 0.29) is 18.3 Å². The van der Waals surface area contributed by atoms with Crippen molar-refractivity contribution in [2.24, 2.45) is 0 Å². The molecule has 3 N–H and O–H groups in total. The van der Waals surface area contributed by atoms with Crippen molar-refractivity contribution >= 4 is 28.4 Å². The maximum atomic E-state index is 12.7. The summed E-state index contributed by atoms with van der Waals surface area (Å²) < 4.78 is 0. The summed E-state index contributed by atoms with van der Waals surface area (Å²) in [7, 11) is 0. The van der Waals surface area contributed by atoms with Crippen LogP contribution in [-0.4, -0.2) is 39.8 Å². The third-order valence-electron chi connectivity index (χ3n) is 4.26. The lowest BCUT2D eigenvalue weighted by Gasteiger charge is -2.36. The number of hydrogen-bond acceptors (Lipinski definition) is 4. The number of hydrogen-bond donors (Lipinski definition) is 3. The van der Waals surface area contributed by atoms with E-state index in [0.29, 0.717) is 10.9 Å². The number of nitrogens with one attached hydrogen (secondary N) is 1. The molecule has 0 bridgehead atoms. The molecule has 0 aromatic heterocycles. The number of fused-ring (bicyclic) bond motifs is 1. The van der Waals surface area contributed by atoms with Gasteiger partial charge in [0.25, 0.3) is 5.91 Å². The van der Waals surface area contributed by atoms with E-state index in [4.69, 9.17) is 0 Å². The van der Waals surface area contributed by atoms with Crippen molar-refractivity contribution in [2.45, 2.75) is 18.4 Å². The SMILES string of the molecule is O=C(NC1(CO)CCSCC1)c1cccc2cccc(O)c12. The van der Waals surface area contributed by atoms with E-state index >= 15 is 0 Å². The number of carbonyl (C=O) groups is 1. The first-order chi connectivity index (χ1) is 10.7. The molecule has 0 spiro atoms. The monoisotopic (exact) mass is 317 g/mol. The van der Waals surface area contributed by atoms with Gasteiger partial charge in [0.15, 0.2) is 0 Å². The molecule has 0 radical (unpaired) electrons. The van der Waals surface area contributed by atoms with Gasteiger partial charge in [0.05, 0.1) is 17.7 Å². The molecule has 0 aliphatic carbocycles. The summed E-state index contributed by atoms with van der Waals surface area (Å²) in [5.74, 6) is 1.72. The van der Waals surface area contributed by atoms with Gasteiger partial charge in [-0.3, -0.25) is 4.79 Å². The topological polar surface area (TPSA) is 69.6 Å². The first-order valence-electron chi connectivity index (χ1n) is 7.37. The molecular weight excluding hydrogens is 298 g/mol. The van der Waals surface area contributed by atoms with Crippen LogP contribution in [0.1, 0.15) is 23.2 Å². The molecule has 2 aromatic carbocycles. The highest BCUT2D eigenvalue weighted by molar-refractivity contribution is 7.99. The van der Waals surface area contributed by atoms with Gasteiger partial charge in [0, 0.05) is 5.39 Å². The number of phenolic OH excluding ortho intramolecular Hbond substituents is 1. The zero-order valence-electron chi connectivity index (χ0n) is 12.2. The number of thioether (sulfide) groups is 1. The molecule has 4 nitrogen and oxygen atoms in total. The molecule has 1 aliphatic rings. The second-order valence-corrected chi connectivity index (χ2v) is 6.91. The number of benzene rings is 2. The largest absolute Gasteiger partial charge is 0.507 e. The number of aliphatic hydroxyl groups is 1. The van der Waals surface area contributed by atoms with E-state index in [9.17, 15) is 15.0 Å². The smallest absolute Gasteiger partial charge is 0.252 e. The van der Waals surface area contributed by atoms with E-state index in [1.807, 2.05) is 23.9 Å². The number of aliphatic hydroxyl groups excluding tert-OH is 1. The zero-order chi connectivity index (χ0) is 15.6. The Morgan fingerprint density at radius 2 is 1.86 bits per heavy atom. The van der Waals surface area contributed by atoms with Crippen LogP contribution in [0.4, 0.5) is 0 Å². The normalized spacial score (nSPS) is 17.3. The average Bonchev–Trinajstić information content (AvgIpc) is 2.55. The number of rotatable bonds is 3. The average molecular weight is 317 g/mol. The summed E-state index contributed by atoms with van der Waals surface area (Å²) in [5.41, 5.74) is -0.101. The van der Waals surface area contributed by atoms with Crippen molar-refractivity contribution < 1.29 is 15.0 Å². The van der Waals surface area contributed by atoms with E-state index in [2.05, 4.69) is 5.32 Å². The Balaban J connectivity index is 1.95. The summed E-state index contributed by atoms with van der Waals surface area (Å²) in [4.78, 5) is 12.7. The molecule has 0 atom stereocenters. The Morgan fingerprint density at radius 3 is 2.55 bits per heavy atom. The number of amides is 1. The molecule has 0 saturated carbocycles. The summed E-state index contributed by atoms with van der Waals surface area (Å²) in [6, 6.07) is 10.6. The fourth-order valence-corrected chi connectivity index (χ4v) is 4.18. The van der Waals surface area contributed by atoms with Gasteiger partial charge in [-0.1, -0.05) is 24.3 Å². The fourth-order valence-electron chi connectivity index (χ4n) is 2.90. The lowest BCUT2D eigenvalue weighted by atomic mass is 9.92. The van der Waals surface area contributed by atoms with Crippen LogP contribution in [0.2, 0.25) is 0 Å². The van der Waals surface area contributed by atoms with Crippen molar-refractivity contribution in [1.29, 1.82) is 0 Å². The molecule has 1 saturated heterocycles. The van der Waals surface area contributed by atoms with Gasteiger partial charge in [0.1, 0.15) is 5.75 Å². The summed E-state index contributed by atoms with van der Waals surface area (Å²) in [5, 5.41) is 24.2.